The van der Waals surface area contributed by atoms with Gasteiger partial charge in [0.15, 0.2) is 5.69 Å². The van der Waals surface area contributed by atoms with Crippen molar-refractivity contribution in [2.75, 3.05) is 5.32 Å². The quantitative estimate of drug-likeness (QED) is 0.436. The van der Waals surface area contributed by atoms with E-state index < -0.39 is 0 Å². The van der Waals surface area contributed by atoms with Gasteiger partial charge in [-0.2, -0.15) is 5.10 Å². The van der Waals surface area contributed by atoms with Crippen LogP contribution in [0.15, 0.2) is 66.7 Å². The first-order valence-corrected chi connectivity index (χ1v) is 8.67. The van der Waals surface area contributed by atoms with E-state index in [-0.39, 0.29) is 11.7 Å². The predicted molar refractivity (Wildman–Crippen MR) is 106 cm³/mol. The summed E-state index contributed by atoms with van der Waals surface area (Å²) >= 11 is 0. The number of hydrogen-bond acceptors (Lipinski definition) is 3. The van der Waals surface area contributed by atoms with Crippen LogP contribution < -0.4 is 5.32 Å². The van der Waals surface area contributed by atoms with Gasteiger partial charge in [0.05, 0.1) is 16.6 Å². The molecule has 2 heterocycles. The molecule has 0 aliphatic rings. The zero-order valence-corrected chi connectivity index (χ0v) is 14.5. The van der Waals surface area contributed by atoms with Crippen molar-refractivity contribution in [1.82, 2.24) is 20.2 Å². The number of aromatic amines is 2. The maximum atomic E-state index is 13.1. The Hall–Kier alpha value is -4.00. The van der Waals surface area contributed by atoms with Gasteiger partial charge in [0, 0.05) is 16.6 Å². The Morgan fingerprint density at radius 1 is 0.964 bits per heavy atom. The molecule has 0 saturated carbocycles. The first-order chi connectivity index (χ1) is 13.7. The molecule has 136 valence electrons. The van der Waals surface area contributed by atoms with E-state index in [9.17, 15) is 9.18 Å². The number of aromatic nitrogens is 4. The van der Waals surface area contributed by atoms with Crippen molar-refractivity contribution in [2.24, 2.45) is 0 Å². The molecule has 0 spiro atoms. The van der Waals surface area contributed by atoms with E-state index in [0.717, 1.165) is 27.5 Å². The van der Waals surface area contributed by atoms with Gasteiger partial charge in [-0.1, -0.05) is 18.2 Å². The van der Waals surface area contributed by atoms with Gasteiger partial charge in [0.25, 0.3) is 5.91 Å². The summed E-state index contributed by atoms with van der Waals surface area (Å²) in [4.78, 5) is 20.3. The molecular weight excluding hydrogens is 357 g/mol. The number of rotatable bonds is 3. The Morgan fingerprint density at radius 3 is 2.64 bits per heavy atom. The fourth-order valence-electron chi connectivity index (χ4n) is 3.16. The number of H-pyrrole nitrogens is 2. The van der Waals surface area contributed by atoms with Gasteiger partial charge in [-0.25, -0.2) is 9.37 Å². The molecule has 0 atom stereocenters. The summed E-state index contributed by atoms with van der Waals surface area (Å²) in [6.45, 7) is 0. The van der Waals surface area contributed by atoms with Gasteiger partial charge >= 0.3 is 0 Å². The number of carbonyl (C=O) groups is 1. The molecule has 7 heteroatoms. The average molecular weight is 371 g/mol. The number of amides is 1. The Morgan fingerprint density at radius 2 is 1.79 bits per heavy atom. The summed E-state index contributed by atoms with van der Waals surface area (Å²) in [6, 6.07) is 19.0. The van der Waals surface area contributed by atoms with Crippen LogP contribution in [-0.4, -0.2) is 26.1 Å². The van der Waals surface area contributed by atoms with Crippen LogP contribution in [0.5, 0.6) is 0 Å². The molecule has 5 rings (SSSR count). The molecule has 0 saturated heterocycles. The fraction of sp³-hybridized carbons (Fsp3) is 0. The Bertz CT molecular complexity index is 1320. The van der Waals surface area contributed by atoms with Crippen molar-refractivity contribution in [3.63, 3.8) is 0 Å². The van der Waals surface area contributed by atoms with Crippen molar-refractivity contribution < 1.29 is 9.18 Å². The maximum absolute atomic E-state index is 13.1. The molecular formula is C21H14FN5O. The summed E-state index contributed by atoms with van der Waals surface area (Å²) in [7, 11) is 0. The van der Waals surface area contributed by atoms with Crippen LogP contribution in [0.25, 0.3) is 33.3 Å². The lowest BCUT2D eigenvalue weighted by Gasteiger charge is -2.03. The van der Waals surface area contributed by atoms with E-state index in [2.05, 4.69) is 25.5 Å². The van der Waals surface area contributed by atoms with E-state index in [1.54, 1.807) is 18.2 Å². The zero-order valence-electron chi connectivity index (χ0n) is 14.5. The molecule has 0 aliphatic heterocycles. The smallest absolute Gasteiger partial charge is 0.276 e. The predicted octanol–water partition coefficient (Wildman–Crippen LogP) is 4.50. The second-order valence-electron chi connectivity index (χ2n) is 6.40. The van der Waals surface area contributed by atoms with Crippen molar-refractivity contribution in [2.45, 2.75) is 0 Å². The first-order valence-electron chi connectivity index (χ1n) is 8.67. The van der Waals surface area contributed by atoms with Gasteiger partial charge in [-0.05, 0) is 48.5 Å². The molecule has 28 heavy (non-hydrogen) atoms. The highest BCUT2D eigenvalue weighted by Gasteiger charge is 2.14. The molecule has 0 unspecified atom stereocenters. The van der Waals surface area contributed by atoms with Crippen LogP contribution in [-0.2, 0) is 0 Å². The monoisotopic (exact) mass is 371 g/mol. The second kappa shape index (κ2) is 6.31. The minimum absolute atomic E-state index is 0.296. The average Bonchev–Trinajstić information content (AvgIpc) is 3.32. The van der Waals surface area contributed by atoms with Crippen molar-refractivity contribution in [3.8, 4) is 11.4 Å². The van der Waals surface area contributed by atoms with Crippen LogP contribution in [0.2, 0.25) is 0 Å². The lowest BCUT2D eigenvalue weighted by atomic mass is 10.2. The Labute approximate surface area is 158 Å². The van der Waals surface area contributed by atoms with Gasteiger partial charge in [0.1, 0.15) is 11.6 Å². The molecule has 6 nitrogen and oxygen atoms in total. The van der Waals surface area contributed by atoms with Crippen molar-refractivity contribution in [3.05, 3.63) is 78.2 Å². The first kappa shape index (κ1) is 16.2. The minimum atomic E-state index is -0.296. The highest BCUT2D eigenvalue weighted by atomic mass is 19.1. The molecule has 3 N–H and O–H groups in total. The standard InChI is InChI=1S/C21H14FN5O/c22-13-7-5-12(6-8-13)20-24-17-10-9-14(11-18(17)25-20)23-21(28)19-15-3-1-2-4-16(15)26-27-19/h1-11H,(H,23,28)(H,24,25)(H,26,27). The van der Waals surface area contributed by atoms with E-state index in [1.165, 1.54) is 12.1 Å². The number of carbonyl (C=O) groups excluding carboxylic acids is 1. The molecule has 0 fully saturated rings. The number of nitrogens with zero attached hydrogens (tertiary/aromatic N) is 2. The number of fused-ring (bicyclic) bond motifs is 2. The topological polar surface area (TPSA) is 86.5 Å². The minimum Gasteiger partial charge on any atom is -0.338 e. The molecule has 3 aromatic carbocycles. The van der Waals surface area contributed by atoms with Crippen LogP contribution in [0.1, 0.15) is 10.5 Å². The maximum Gasteiger partial charge on any atom is 0.276 e. The molecule has 0 radical (unpaired) electrons. The van der Waals surface area contributed by atoms with Crippen molar-refractivity contribution in [1.29, 1.82) is 0 Å². The van der Waals surface area contributed by atoms with E-state index in [1.807, 2.05) is 36.4 Å². The third kappa shape index (κ3) is 2.79. The highest BCUT2D eigenvalue weighted by Crippen LogP contribution is 2.24. The largest absolute Gasteiger partial charge is 0.338 e. The number of para-hydroxylation sites is 1. The second-order valence-corrected chi connectivity index (χ2v) is 6.40. The fourth-order valence-corrected chi connectivity index (χ4v) is 3.16. The van der Waals surface area contributed by atoms with E-state index >= 15 is 0 Å². The van der Waals surface area contributed by atoms with Crippen LogP contribution in [0.4, 0.5) is 10.1 Å². The SMILES string of the molecule is O=C(Nc1ccc2nc(-c3ccc(F)cc3)[nH]c2c1)c1n[nH]c2ccccc12. The highest BCUT2D eigenvalue weighted by molar-refractivity contribution is 6.11. The number of nitrogens with one attached hydrogen (secondary N) is 3. The van der Waals surface area contributed by atoms with E-state index in [0.29, 0.717) is 17.2 Å². The third-order valence-corrected chi connectivity index (χ3v) is 4.54. The van der Waals surface area contributed by atoms with Crippen LogP contribution >= 0.6 is 0 Å². The lowest BCUT2D eigenvalue weighted by molar-refractivity contribution is 0.102. The van der Waals surface area contributed by atoms with Gasteiger partial charge < -0.3 is 10.3 Å². The van der Waals surface area contributed by atoms with Gasteiger partial charge in [-0.3, -0.25) is 9.89 Å². The number of imidazole rings is 1. The summed E-state index contributed by atoms with van der Waals surface area (Å²) in [5.74, 6) is 0.0441. The normalized spacial score (nSPS) is 11.2. The van der Waals surface area contributed by atoms with Crippen molar-refractivity contribution >= 4 is 33.5 Å². The Balaban J connectivity index is 1.45. The zero-order chi connectivity index (χ0) is 19.1. The Kier molecular flexibility index (Phi) is 3.65. The molecule has 1 amide bonds. The third-order valence-electron chi connectivity index (χ3n) is 4.54. The number of benzene rings is 3. The molecule has 0 bridgehead atoms. The van der Waals surface area contributed by atoms with Crippen LogP contribution in [0.3, 0.4) is 0 Å². The van der Waals surface area contributed by atoms with Gasteiger partial charge in [0.2, 0.25) is 0 Å². The summed E-state index contributed by atoms with van der Waals surface area (Å²) in [5.41, 5.74) is 4.07. The van der Waals surface area contributed by atoms with E-state index in [4.69, 9.17) is 0 Å². The lowest BCUT2D eigenvalue weighted by Crippen LogP contribution is -2.12. The number of hydrogen-bond donors (Lipinski definition) is 3. The number of anilines is 1. The summed E-state index contributed by atoms with van der Waals surface area (Å²) < 4.78 is 13.1. The summed E-state index contributed by atoms with van der Waals surface area (Å²) in [6.07, 6.45) is 0. The summed E-state index contributed by atoms with van der Waals surface area (Å²) in [5, 5.41) is 10.6. The molecule has 5 aromatic rings. The molecule has 0 aliphatic carbocycles. The van der Waals surface area contributed by atoms with Crippen LogP contribution in [0, 0.1) is 5.82 Å². The number of halogens is 1. The molecule has 2 aromatic heterocycles. The van der Waals surface area contributed by atoms with Gasteiger partial charge in [-0.15, -0.1) is 0 Å².